The zero-order valence-electron chi connectivity index (χ0n) is 14.6. The van der Waals surface area contributed by atoms with E-state index in [9.17, 15) is 0 Å². The second-order valence-electron chi connectivity index (χ2n) is 5.97. The lowest BCUT2D eigenvalue weighted by Crippen LogP contribution is -2.01. The molecule has 2 aromatic carbocycles. The number of nitrogens with zero attached hydrogens (tertiary/aromatic N) is 3. The van der Waals surface area contributed by atoms with E-state index in [0.717, 1.165) is 28.1 Å². The molecule has 0 bridgehead atoms. The fourth-order valence-electron chi connectivity index (χ4n) is 2.69. The molecule has 0 fully saturated rings. The first-order valence-corrected chi connectivity index (χ1v) is 8.63. The quantitative estimate of drug-likeness (QED) is 0.536. The number of benzene rings is 2. The summed E-state index contributed by atoms with van der Waals surface area (Å²) in [5.74, 6) is 0.548. The molecule has 2 heterocycles. The number of aromatic nitrogens is 3. The lowest BCUT2D eigenvalue weighted by molar-refractivity contribution is 0.295. The Labute approximate surface area is 157 Å². The molecular weight excluding hydrogens is 336 g/mol. The van der Waals surface area contributed by atoms with Crippen LogP contribution in [0, 0.1) is 0 Å². The monoisotopic (exact) mass is 354 g/mol. The molecule has 5 heteroatoms. The molecule has 0 saturated carbocycles. The van der Waals surface area contributed by atoms with Crippen molar-refractivity contribution < 1.29 is 4.74 Å². The van der Waals surface area contributed by atoms with Crippen LogP contribution in [0.15, 0.2) is 91.6 Å². The molecule has 132 valence electrons. The van der Waals surface area contributed by atoms with Crippen LogP contribution in [0.25, 0.3) is 11.1 Å². The molecule has 0 unspecified atom stereocenters. The first kappa shape index (κ1) is 16.7. The molecule has 1 N–H and O–H groups in total. The maximum absolute atomic E-state index is 5.99. The van der Waals surface area contributed by atoms with Crippen LogP contribution in [0.3, 0.4) is 0 Å². The molecule has 0 aliphatic heterocycles. The van der Waals surface area contributed by atoms with Gasteiger partial charge in [0.15, 0.2) is 0 Å². The maximum Gasteiger partial charge on any atom is 0.221 e. The summed E-state index contributed by atoms with van der Waals surface area (Å²) < 4.78 is 5.99. The first-order valence-electron chi connectivity index (χ1n) is 8.63. The van der Waals surface area contributed by atoms with E-state index in [4.69, 9.17) is 4.74 Å². The Kier molecular flexibility index (Phi) is 5.02. The zero-order chi connectivity index (χ0) is 18.3. The summed E-state index contributed by atoms with van der Waals surface area (Å²) in [6.07, 6.45) is 6.78. The van der Waals surface area contributed by atoms with E-state index in [0.29, 0.717) is 12.5 Å². The molecule has 27 heavy (non-hydrogen) atoms. The summed E-state index contributed by atoms with van der Waals surface area (Å²) in [5, 5.41) is 3.36. The highest BCUT2D eigenvalue weighted by Gasteiger charge is 2.11. The normalized spacial score (nSPS) is 10.4. The van der Waals surface area contributed by atoms with E-state index in [1.807, 2.05) is 66.7 Å². The third-order valence-electron chi connectivity index (χ3n) is 4.00. The van der Waals surface area contributed by atoms with Crippen LogP contribution < -0.4 is 10.1 Å². The third kappa shape index (κ3) is 4.27. The minimum Gasteiger partial charge on any atom is -0.472 e. The predicted octanol–water partition coefficient (Wildman–Crippen LogP) is 4.86. The average Bonchev–Trinajstić information content (AvgIpc) is 2.75. The number of hydrogen-bond acceptors (Lipinski definition) is 5. The third-order valence-corrected chi connectivity index (χ3v) is 4.00. The fraction of sp³-hybridized carbons (Fsp3) is 0.0455. The van der Waals surface area contributed by atoms with Gasteiger partial charge in [-0.3, -0.25) is 0 Å². The van der Waals surface area contributed by atoms with E-state index >= 15 is 0 Å². The van der Waals surface area contributed by atoms with Gasteiger partial charge in [-0.15, -0.1) is 0 Å². The van der Waals surface area contributed by atoms with Crippen LogP contribution in [0.2, 0.25) is 0 Å². The van der Waals surface area contributed by atoms with Crippen molar-refractivity contribution in [3.05, 3.63) is 97.2 Å². The van der Waals surface area contributed by atoms with E-state index in [-0.39, 0.29) is 0 Å². The minimum absolute atomic E-state index is 0.444. The van der Waals surface area contributed by atoms with Crippen molar-refractivity contribution in [1.29, 1.82) is 0 Å². The summed E-state index contributed by atoms with van der Waals surface area (Å²) >= 11 is 0. The van der Waals surface area contributed by atoms with Gasteiger partial charge in [0, 0.05) is 29.2 Å². The molecule has 4 aromatic rings. The zero-order valence-corrected chi connectivity index (χ0v) is 14.6. The summed E-state index contributed by atoms with van der Waals surface area (Å²) in [6.45, 7) is 0.444. The first-order chi connectivity index (χ1) is 13.4. The van der Waals surface area contributed by atoms with E-state index in [1.165, 1.54) is 6.33 Å². The maximum atomic E-state index is 5.99. The number of para-hydroxylation sites is 1. The van der Waals surface area contributed by atoms with Crippen LogP contribution >= 0.6 is 0 Å². The van der Waals surface area contributed by atoms with Gasteiger partial charge in [-0.25, -0.2) is 15.0 Å². The summed E-state index contributed by atoms with van der Waals surface area (Å²) in [5.41, 5.74) is 4.64. The number of hydrogen-bond donors (Lipinski definition) is 1. The van der Waals surface area contributed by atoms with Crippen molar-refractivity contribution in [2.24, 2.45) is 0 Å². The van der Waals surface area contributed by atoms with E-state index < -0.39 is 0 Å². The number of rotatable bonds is 6. The second kappa shape index (κ2) is 8.10. The average molecular weight is 354 g/mol. The standard InChI is InChI=1S/C22H18N4O/c1-3-7-17(8-4-1)15-27-22-21(18-12-23-16-24-13-18)11-20(14-25-22)26-19-9-5-2-6-10-19/h1-14,16,26H,15H2. The smallest absolute Gasteiger partial charge is 0.221 e. The van der Waals surface area contributed by atoms with Gasteiger partial charge in [0.25, 0.3) is 0 Å². The van der Waals surface area contributed by atoms with Gasteiger partial charge in [-0.1, -0.05) is 48.5 Å². The van der Waals surface area contributed by atoms with Crippen molar-refractivity contribution >= 4 is 11.4 Å². The molecule has 0 radical (unpaired) electrons. The van der Waals surface area contributed by atoms with Gasteiger partial charge in [-0.05, 0) is 23.8 Å². The van der Waals surface area contributed by atoms with Crippen molar-refractivity contribution in [3.8, 4) is 17.0 Å². The SMILES string of the molecule is c1ccc(COc2ncc(Nc3ccccc3)cc2-c2cncnc2)cc1. The lowest BCUT2D eigenvalue weighted by Gasteiger charge is -2.13. The van der Waals surface area contributed by atoms with Crippen LogP contribution in [0.1, 0.15) is 5.56 Å². The van der Waals surface area contributed by atoms with E-state index in [2.05, 4.69) is 20.3 Å². The second-order valence-corrected chi connectivity index (χ2v) is 5.97. The summed E-state index contributed by atoms with van der Waals surface area (Å²) in [4.78, 5) is 12.8. The Morgan fingerprint density at radius 1 is 0.778 bits per heavy atom. The molecular formula is C22H18N4O. The topological polar surface area (TPSA) is 59.9 Å². The van der Waals surface area contributed by atoms with Crippen LogP contribution in [0.5, 0.6) is 5.88 Å². The van der Waals surface area contributed by atoms with Gasteiger partial charge in [-0.2, -0.15) is 0 Å². The largest absolute Gasteiger partial charge is 0.472 e. The molecule has 5 nitrogen and oxygen atoms in total. The molecule has 2 aromatic heterocycles. The molecule has 0 atom stereocenters. The van der Waals surface area contributed by atoms with Gasteiger partial charge in [0.1, 0.15) is 12.9 Å². The number of pyridine rings is 1. The van der Waals surface area contributed by atoms with Crippen molar-refractivity contribution in [1.82, 2.24) is 15.0 Å². The highest BCUT2D eigenvalue weighted by Crippen LogP contribution is 2.31. The van der Waals surface area contributed by atoms with Gasteiger partial charge in [0.05, 0.1) is 11.9 Å². The number of ether oxygens (including phenoxy) is 1. The van der Waals surface area contributed by atoms with Crippen molar-refractivity contribution in [3.63, 3.8) is 0 Å². The fourth-order valence-corrected chi connectivity index (χ4v) is 2.69. The molecule has 0 aliphatic carbocycles. The number of anilines is 2. The van der Waals surface area contributed by atoms with Crippen molar-refractivity contribution in [2.75, 3.05) is 5.32 Å². The highest BCUT2D eigenvalue weighted by molar-refractivity contribution is 5.73. The van der Waals surface area contributed by atoms with Crippen LogP contribution in [-0.2, 0) is 6.61 Å². The molecule has 0 spiro atoms. The Balaban J connectivity index is 1.63. The molecule has 0 saturated heterocycles. The van der Waals surface area contributed by atoms with Gasteiger partial charge in [0.2, 0.25) is 5.88 Å². The van der Waals surface area contributed by atoms with Crippen LogP contribution in [0.4, 0.5) is 11.4 Å². The van der Waals surface area contributed by atoms with Crippen molar-refractivity contribution in [2.45, 2.75) is 6.61 Å². The molecule has 0 amide bonds. The molecule has 4 rings (SSSR count). The number of nitrogens with one attached hydrogen (secondary N) is 1. The van der Waals surface area contributed by atoms with Gasteiger partial charge < -0.3 is 10.1 Å². The van der Waals surface area contributed by atoms with Gasteiger partial charge >= 0.3 is 0 Å². The molecule has 0 aliphatic rings. The summed E-state index contributed by atoms with van der Waals surface area (Å²) in [7, 11) is 0. The highest BCUT2D eigenvalue weighted by atomic mass is 16.5. The Hall–Kier alpha value is -3.73. The summed E-state index contributed by atoms with van der Waals surface area (Å²) in [6, 6.07) is 22.0. The minimum atomic E-state index is 0.444. The van der Waals surface area contributed by atoms with Crippen LogP contribution in [-0.4, -0.2) is 15.0 Å². The predicted molar refractivity (Wildman–Crippen MR) is 106 cm³/mol. The lowest BCUT2D eigenvalue weighted by atomic mass is 10.1. The van der Waals surface area contributed by atoms with E-state index in [1.54, 1.807) is 18.6 Å². The Morgan fingerprint density at radius 3 is 2.22 bits per heavy atom. The Morgan fingerprint density at radius 2 is 1.48 bits per heavy atom. The Bertz CT molecular complexity index is 992.